The Kier molecular flexibility index (Phi) is 4.29. The van der Waals surface area contributed by atoms with Crippen LogP contribution in [0.15, 0.2) is 66.7 Å². The van der Waals surface area contributed by atoms with Gasteiger partial charge in [0.25, 0.3) is 0 Å². The Morgan fingerprint density at radius 1 is 0.821 bits per heavy atom. The Labute approximate surface area is 164 Å². The van der Waals surface area contributed by atoms with Gasteiger partial charge in [-0.05, 0) is 6.92 Å². The van der Waals surface area contributed by atoms with Crippen LogP contribution in [-0.2, 0) is 4.74 Å². The monoisotopic (exact) mass is 370 g/mol. The fourth-order valence-corrected chi connectivity index (χ4v) is 3.60. The predicted octanol–water partition coefficient (Wildman–Crippen LogP) is 4.21. The first-order valence-corrected chi connectivity index (χ1v) is 9.64. The Morgan fingerprint density at radius 3 is 2.29 bits per heavy atom. The molecule has 0 radical (unpaired) electrons. The minimum absolute atomic E-state index is 0.733. The van der Waals surface area contributed by atoms with Gasteiger partial charge in [0.2, 0.25) is 0 Å². The Hall–Kier alpha value is -3.18. The van der Waals surface area contributed by atoms with E-state index in [1.807, 2.05) is 22.7 Å². The van der Waals surface area contributed by atoms with Crippen LogP contribution >= 0.6 is 0 Å². The van der Waals surface area contributed by atoms with E-state index in [-0.39, 0.29) is 0 Å². The van der Waals surface area contributed by atoms with Crippen molar-refractivity contribution in [2.45, 2.75) is 6.92 Å². The lowest BCUT2D eigenvalue weighted by molar-refractivity contribution is 0.122. The molecule has 2 aromatic heterocycles. The van der Waals surface area contributed by atoms with E-state index in [9.17, 15) is 0 Å². The van der Waals surface area contributed by atoms with Gasteiger partial charge in [-0.15, -0.1) is 0 Å². The zero-order valence-electron chi connectivity index (χ0n) is 15.9. The maximum atomic E-state index is 5.55. The molecule has 0 atom stereocenters. The van der Waals surface area contributed by atoms with Crippen molar-refractivity contribution in [3.63, 3.8) is 0 Å². The Bertz CT molecular complexity index is 1100. The van der Waals surface area contributed by atoms with Crippen molar-refractivity contribution < 1.29 is 4.74 Å². The molecule has 2 aromatic carbocycles. The third-order valence-corrected chi connectivity index (χ3v) is 5.16. The number of rotatable bonds is 3. The first-order valence-electron chi connectivity index (χ1n) is 9.64. The molecular formula is C23H22N4O. The van der Waals surface area contributed by atoms with Gasteiger partial charge in [0.05, 0.1) is 24.6 Å². The van der Waals surface area contributed by atoms with Gasteiger partial charge in [-0.3, -0.25) is 0 Å². The summed E-state index contributed by atoms with van der Waals surface area (Å²) < 4.78 is 7.51. The number of morpholine rings is 1. The van der Waals surface area contributed by atoms with E-state index < -0.39 is 0 Å². The first kappa shape index (κ1) is 17.0. The zero-order valence-corrected chi connectivity index (χ0v) is 15.9. The molecule has 1 aliphatic heterocycles. The third-order valence-electron chi connectivity index (χ3n) is 5.16. The molecule has 0 amide bonds. The summed E-state index contributed by atoms with van der Waals surface area (Å²) in [5.74, 6) is 1.06. The van der Waals surface area contributed by atoms with Crippen LogP contribution in [0, 0.1) is 6.92 Å². The molecule has 5 rings (SSSR count). The molecule has 3 heterocycles. The summed E-state index contributed by atoms with van der Waals surface area (Å²) in [4.78, 5) is 7.24. The first-order chi connectivity index (χ1) is 13.8. The molecule has 0 unspecified atom stereocenters. The van der Waals surface area contributed by atoms with Crippen molar-refractivity contribution in [1.82, 2.24) is 14.6 Å². The lowest BCUT2D eigenvalue weighted by Crippen LogP contribution is -2.37. The molecule has 0 saturated carbocycles. The maximum Gasteiger partial charge on any atom is 0.158 e. The molecule has 5 heteroatoms. The van der Waals surface area contributed by atoms with Gasteiger partial charge >= 0.3 is 0 Å². The smallest absolute Gasteiger partial charge is 0.158 e. The molecule has 4 aromatic rings. The SMILES string of the molecule is Cc1ccc(-c2cc3nc(-c4ccccc4)cc(N4CCOCC4)n3n2)cc1. The number of nitrogens with zero attached hydrogens (tertiary/aromatic N) is 4. The van der Waals surface area contributed by atoms with Crippen molar-refractivity contribution in [1.29, 1.82) is 0 Å². The molecule has 1 aliphatic rings. The normalized spacial score (nSPS) is 14.5. The molecule has 1 saturated heterocycles. The van der Waals surface area contributed by atoms with Crippen molar-refractivity contribution in [3.8, 4) is 22.5 Å². The summed E-state index contributed by atoms with van der Waals surface area (Å²) in [6.45, 7) is 5.27. The van der Waals surface area contributed by atoms with Crippen LogP contribution in [0.25, 0.3) is 28.2 Å². The number of hydrogen-bond acceptors (Lipinski definition) is 4. The minimum atomic E-state index is 0.733. The highest BCUT2D eigenvalue weighted by atomic mass is 16.5. The summed E-state index contributed by atoms with van der Waals surface area (Å²) in [6.07, 6.45) is 0. The molecule has 1 fully saturated rings. The van der Waals surface area contributed by atoms with Crippen molar-refractivity contribution >= 4 is 11.5 Å². The lowest BCUT2D eigenvalue weighted by Gasteiger charge is -2.29. The van der Waals surface area contributed by atoms with E-state index in [0.29, 0.717) is 0 Å². The standard InChI is InChI=1S/C23H22N4O/c1-17-7-9-19(10-8-17)21-15-22-24-20(18-5-3-2-4-6-18)16-23(27(22)25-21)26-11-13-28-14-12-26/h2-10,15-16H,11-14H2,1H3. The van der Waals surface area contributed by atoms with Crippen molar-refractivity contribution in [2.24, 2.45) is 0 Å². The summed E-state index contributed by atoms with van der Waals surface area (Å²) in [7, 11) is 0. The summed E-state index contributed by atoms with van der Waals surface area (Å²) >= 11 is 0. The average Bonchev–Trinajstić information content (AvgIpc) is 3.19. The van der Waals surface area contributed by atoms with E-state index >= 15 is 0 Å². The number of ether oxygens (including phenoxy) is 1. The van der Waals surface area contributed by atoms with Gasteiger partial charge < -0.3 is 9.64 Å². The van der Waals surface area contributed by atoms with Gasteiger partial charge in [0.15, 0.2) is 5.65 Å². The topological polar surface area (TPSA) is 42.7 Å². The second-order valence-electron chi connectivity index (χ2n) is 7.13. The van der Waals surface area contributed by atoms with Crippen LogP contribution in [0.2, 0.25) is 0 Å². The summed E-state index contributed by atoms with van der Waals surface area (Å²) in [5, 5.41) is 4.89. The van der Waals surface area contributed by atoms with E-state index in [1.54, 1.807) is 0 Å². The average molecular weight is 370 g/mol. The molecular weight excluding hydrogens is 348 g/mol. The molecule has 140 valence electrons. The van der Waals surface area contributed by atoms with E-state index in [1.165, 1.54) is 5.56 Å². The largest absolute Gasteiger partial charge is 0.378 e. The molecule has 5 nitrogen and oxygen atoms in total. The van der Waals surface area contributed by atoms with Gasteiger partial charge in [-0.25, -0.2) is 4.98 Å². The van der Waals surface area contributed by atoms with Crippen molar-refractivity contribution in [2.75, 3.05) is 31.2 Å². The molecule has 28 heavy (non-hydrogen) atoms. The highest BCUT2D eigenvalue weighted by Gasteiger charge is 2.18. The van der Waals surface area contributed by atoms with Crippen LogP contribution in [0.4, 0.5) is 5.82 Å². The van der Waals surface area contributed by atoms with E-state index in [0.717, 1.165) is 60.3 Å². The zero-order chi connectivity index (χ0) is 18.9. The van der Waals surface area contributed by atoms with Crippen LogP contribution in [0.1, 0.15) is 5.56 Å². The maximum absolute atomic E-state index is 5.55. The third kappa shape index (κ3) is 3.14. The quantitative estimate of drug-likeness (QED) is 0.542. The fourth-order valence-electron chi connectivity index (χ4n) is 3.60. The fraction of sp³-hybridized carbons (Fsp3) is 0.217. The van der Waals surface area contributed by atoms with Gasteiger partial charge in [0, 0.05) is 36.3 Å². The Morgan fingerprint density at radius 2 is 1.54 bits per heavy atom. The number of hydrogen-bond donors (Lipinski definition) is 0. The van der Waals surface area contributed by atoms with Gasteiger partial charge in [-0.1, -0.05) is 60.2 Å². The molecule has 0 aliphatic carbocycles. The molecule has 0 spiro atoms. The number of anilines is 1. The highest BCUT2D eigenvalue weighted by molar-refractivity contribution is 5.71. The van der Waals surface area contributed by atoms with Gasteiger partial charge in [0.1, 0.15) is 5.82 Å². The molecule has 0 bridgehead atoms. The molecule has 0 N–H and O–H groups in total. The Balaban J connectivity index is 1.68. The van der Waals surface area contributed by atoms with Gasteiger partial charge in [-0.2, -0.15) is 9.61 Å². The van der Waals surface area contributed by atoms with Crippen LogP contribution in [-0.4, -0.2) is 40.9 Å². The van der Waals surface area contributed by atoms with Crippen LogP contribution in [0.5, 0.6) is 0 Å². The van der Waals surface area contributed by atoms with E-state index in [4.69, 9.17) is 14.8 Å². The van der Waals surface area contributed by atoms with Crippen LogP contribution < -0.4 is 4.90 Å². The summed E-state index contributed by atoms with van der Waals surface area (Å²) in [5.41, 5.74) is 6.21. The number of aryl methyl sites for hydroxylation is 1. The highest BCUT2D eigenvalue weighted by Crippen LogP contribution is 2.28. The number of benzene rings is 2. The lowest BCUT2D eigenvalue weighted by atomic mass is 10.1. The number of aromatic nitrogens is 3. The predicted molar refractivity (Wildman–Crippen MR) is 112 cm³/mol. The summed E-state index contributed by atoms with van der Waals surface area (Å²) in [6, 6.07) is 23.0. The second kappa shape index (κ2) is 7.09. The van der Waals surface area contributed by atoms with Crippen molar-refractivity contribution in [3.05, 3.63) is 72.3 Å². The number of fused-ring (bicyclic) bond motifs is 1. The van der Waals surface area contributed by atoms with Crippen LogP contribution in [0.3, 0.4) is 0 Å². The second-order valence-corrected chi connectivity index (χ2v) is 7.13. The minimum Gasteiger partial charge on any atom is -0.378 e. The van der Waals surface area contributed by atoms with E-state index in [2.05, 4.69) is 60.4 Å².